The Morgan fingerprint density at radius 3 is 2.31 bits per heavy atom. The number of nitrogen functional groups attached to an aromatic ring is 1. The highest BCUT2D eigenvalue weighted by Gasteiger charge is 2.11. The van der Waals surface area contributed by atoms with Crippen molar-refractivity contribution in [3.8, 4) is 0 Å². The summed E-state index contributed by atoms with van der Waals surface area (Å²) in [6, 6.07) is 13.5. The zero-order chi connectivity index (χ0) is 19.1. The van der Waals surface area contributed by atoms with Gasteiger partial charge in [-0.3, -0.25) is 10.2 Å². The average Bonchev–Trinajstić information content (AvgIpc) is 2.61. The molecule has 26 heavy (non-hydrogen) atoms. The van der Waals surface area contributed by atoms with Crippen LogP contribution < -0.4 is 21.7 Å². The summed E-state index contributed by atoms with van der Waals surface area (Å²) >= 11 is 3.37. The first-order valence-corrected chi connectivity index (χ1v) is 8.68. The van der Waals surface area contributed by atoms with Crippen LogP contribution in [0.15, 0.2) is 53.0 Å². The molecule has 0 aromatic heterocycles. The molecule has 0 aliphatic heterocycles. The van der Waals surface area contributed by atoms with Crippen LogP contribution in [-0.2, 0) is 4.79 Å². The molecule has 3 amide bonds. The van der Waals surface area contributed by atoms with E-state index < -0.39 is 6.03 Å². The van der Waals surface area contributed by atoms with Gasteiger partial charge in [-0.05, 0) is 48.9 Å². The van der Waals surface area contributed by atoms with Crippen LogP contribution in [0.1, 0.15) is 24.1 Å². The summed E-state index contributed by atoms with van der Waals surface area (Å²) in [4.78, 5) is 23.8. The number of halogens is 1. The van der Waals surface area contributed by atoms with Gasteiger partial charge in [-0.15, -0.1) is 0 Å². The molecule has 0 bridgehead atoms. The van der Waals surface area contributed by atoms with Crippen molar-refractivity contribution in [3.05, 3.63) is 64.1 Å². The Bertz CT molecular complexity index is 790. The lowest BCUT2D eigenvalue weighted by Gasteiger charge is -2.15. The second kappa shape index (κ2) is 9.00. The lowest BCUT2D eigenvalue weighted by atomic mass is 10.1. The fraction of sp³-hybridized carbons (Fsp3) is 0.167. The van der Waals surface area contributed by atoms with Crippen LogP contribution in [0.4, 0.5) is 10.5 Å². The van der Waals surface area contributed by atoms with E-state index in [1.165, 1.54) is 0 Å². The van der Waals surface area contributed by atoms with Crippen molar-refractivity contribution >= 4 is 39.4 Å². The van der Waals surface area contributed by atoms with E-state index in [9.17, 15) is 9.59 Å². The molecule has 0 aliphatic rings. The van der Waals surface area contributed by atoms with Gasteiger partial charge in [0, 0.05) is 15.7 Å². The highest BCUT2D eigenvalue weighted by Crippen LogP contribution is 2.16. The average molecular weight is 418 g/mol. The van der Waals surface area contributed by atoms with Gasteiger partial charge in [0.15, 0.2) is 0 Å². The maximum atomic E-state index is 12.0. The molecule has 1 atom stereocenters. The molecule has 2 rings (SSSR count). The molecule has 0 saturated heterocycles. The molecule has 7 nitrogen and oxygen atoms in total. The number of amidine groups is 1. The molecule has 0 spiro atoms. The molecule has 0 aliphatic carbocycles. The van der Waals surface area contributed by atoms with E-state index in [0.717, 1.165) is 10.0 Å². The topological polar surface area (TPSA) is 120 Å². The summed E-state index contributed by atoms with van der Waals surface area (Å²) in [6.07, 6.45) is 0. The second-order valence-corrected chi connectivity index (χ2v) is 6.56. The lowest BCUT2D eigenvalue weighted by Crippen LogP contribution is -2.39. The summed E-state index contributed by atoms with van der Waals surface area (Å²) < 4.78 is 0.967. The molecule has 0 fully saturated rings. The van der Waals surface area contributed by atoms with Crippen LogP contribution in [0, 0.1) is 5.41 Å². The molecule has 0 unspecified atom stereocenters. The zero-order valence-electron chi connectivity index (χ0n) is 14.2. The number of hydrogen-bond acceptors (Lipinski definition) is 3. The number of anilines is 1. The van der Waals surface area contributed by atoms with Gasteiger partial charge in [-0.2, -0.15) is 0 Å². The molecule has 6 N–H and O–H groups in total. The van der Waals surface area contributed by atoms with Crippen molar-refractivity contribution < 1.29 is 9.59 Å². The van der Waals surface area contributed by atoms with Crippen molar-refractivity contribution in [1.82, 2.24) is 10.6 Å². The summed E-state index contributed by atoms with van der Waals surface area (Å²) in [5.41, 5.74) is 7.45. The summed E-state index contributed by atoms with van der Waals surface area (Å²) in [5.74, 6) is -0.333. The normalized spacial score (nSPS) is 11.3. The van der Waals surface area contributed by atoms with Crippen LogP contribution in [-0.4, -0.2) is 24.3 Å². The number of carbonyl (C=O) groups excluding carboxylic acids is 2. The van der Waals surface area contributed by atoms with Crippen LogP contribution in [0.5, 0.6) is 0 Å². The Morgan fingerprint density at radius 2 is 1.73 bits per heavy atom. The predicted octanol–water partition coefficient (Wildman–Crippen LogP) is 2.73. The minimum Gasteiger partial charge on any atom is -0.384 e. The number of carbonyl (C=O) groups is 2. The first-order chi connectivity index (χ1) is 12.3. The van der Waals surface area contributed by atoms with Crippen molar-refractivity contribution in [3.63, 3.8) is 0 Å². The number of benzene rings is 2. The second-order valence-electron chi connectivity index (χ2n) is 5.64. The van der Waals surface area contributed by atoms with Crippen molar-refractivity contribution in [2.75, 3.05) is 11.9 Å². The number of hydrogen-bond donors (Lipinski definition) is 5. The highest BCUT2D eigenvalue weighted by atomic mass is 79.9. The minimum atomic E-state index is -0.494. The van der Waals surface area contributed by atoms with E-state index in [4.69, 9.17) is 11.1 Å². The first kappa shape index (κ1) is 19.5. The quantitative estimate of drug-likeness (QED) is 0.367. The Morgan fingerprint density at radius 1 is 1.12 bits per heavy atom. The molecular weight excluding hydrogens is 398 g/mol. The van der Waals surface area contributed by atoms with Gasteiger partial charge in [0.25, 0.3) is 0 Å². The third-order valence-corrected chi connectivity index (χ3v) is 4.14. The smallest absolute Gasteiger partial charge is 0.319 e. The molecule has 2 aromatic carbocycles. The van der Waals surface area contributed by atoms with Gasteiger partial charge >= 0.3 is 6.03 Å². The number of nitrogens with one attached hydrogen (secondary N) is 4. The van der Waals surface area contributed by atoms with Crippen LogP contribution in [0.2, 0.25) is 0 Å². The SMILES string of the molecule is C[C@H](NC(=O)CNC(=O)Nc1ccc(C(=N)N)cc1)c1ccc(Br)cc1. The Hall–Kier alpha value is -2.87. The van der Waals surface area contributed by atoms with Crippen LogP contribution in [0.25, 0.3) is 0 Å². The molecular formula is C18H20BrN5O2. The standard InChI is InChI=1S/C18H20BrN5O2/c1-11(12-2-6-14(19)7-3-12)23-16(25)10-22-18(26)24-15-8-4-13(5-9-15)17(20)21/h2-9,11H,10H2,1H3,(H3,20,21)(H,23,25)(H2,22,24,26)/t11-/m0/s1. The zero-order valence-corrected chi connectivity index (χ0v) is 15.8. The van der Waals surface area contributed by atoms with E-state index in [1.54, 1.807) is 24.3 Å². The van der Waals surface area contributed by atoms with E-state index >= 15 is 0 Å². The predicted molar refractivity (Wildman–Crippen MR) is 105 cm³/mol. The monoisotopic (exact) mass is 417 g/mol. The number of urea groups is 1. The van der Waals surface area contributed by atoms with Gasteiger partial charge in [-0.25, -0.2) is 4.79 Å². The number of nitrogens with two attached hydrogens (primary N) is 1. The Kier molecular flexibility index (Phi) is 6.74. The summed E-state index contributed by atoms with van der Waals surface area (Å²) in [5, 5.41) is 15.2. The third-order valence-electron chi connectivity index (χ3n) is 3.61. The van der Waals surface area contributed by atoms with E-state index in [-0.39, 0.29) is 24.3 Å². The fourth-order valence-corrected chi connectivity index (χ4v) is 2.46. The van der Waals surface area contributed by atoms with E-state index in [2.05, 4.69) is 31.9 Å². The summed E-state index contributed by atoms with van der Waals surface area (Å²) in [6.45, 7) is 1.73. The summed E-state index contributed by atoms with van der Waals surface area (Å²) in [7, 11) is 0. The molecule has 0 saturated carbocycles. The van der Waals surface area contributed by atoms with Gasteiger partial charge < -0.3 is 21.7 Å². The first-order valence-electron chi connectivity index (χ1n) is 7.89. The van der Waals surface area contributed by atoms with Crippen molar-refractivity contribution in [2.24, 2.45) is 5.73 Å². The van der Waals surface area contributed by atoms with Gasteiger partial charge in [0.1, 0.15) is 5.84 Å². The maximum Gasteiger partial charge on any atom is 0.319 e. The van der Waals surface area contributed by atoms with E-state index in [0.29, 0.717) is 11.3 Å². The minimum absolute atomic E-state index is 0.0439. The van der Waals surface area contributed by atoms with Crippen molar-refractivity contribution in [1.29, 1.82) is 5.41 Å². The maximum absolute atomic E-state index is 12.0. The molecule has 0 heterocycles. The molecule has 8 heteroatoms. The molecule has 0 radical (unpaired) electrons. The largest absolute Gasteiger partial charge is 0.384 e. The molecule has 136 valence electrons. The Labute approximate surface area is 160 Å². The number of rotatable bonds is 6. The highest BCUT2D eigenvalue weighted by molar-refractivity contribution is 9.10. The lowest BCUT2D eigenvalue weighted by molar-refractivity contribution is -0.120. The van der Waals surface area contributed by atoms with Crippen LogP contribution in [0.3, 0.4) is 0 Å². The van der Waals surface area contributed by atoms with Gasteiger partial charge in [-0.1, -0.05) is 28.1 Å². The fourth-order valence-electron chi connectivity index (χ4n) is 2.20. The van der Waals surface area contributed by atoms with Gasteiger partial charge in [0.05, 0.1) is 12.6 Å². The van der Waals surface area contributed by atoms with Crippen molar-refractivity contribution in [2.45, 2.75) is 13.0 Å². The van der Waals surface area contributed by atoms with E-state index in [1.807, 2.05) is 31.2 Å². The Balaban J connectivity index is 1.78. The number of amides is 3. The van der Waals surface area contributed by atoms with Gasteiger partial charge in [0.2, 0.25) is 5.91 Å². The van der Waals surface area contributed by atoms with Crippen LogP contribution >= 0.6 is 15.9 Å². The third kappa shape index (κ3) is 5.89. The molecule has 2 aromatic rings.